The largest absolute Gasteiger partial charge is 0.399 e. The van der Waals surface area contributed by atoms with Crippen molar-refractivity contribution >= 4 is 28.8 Å². The Morgan fingerprint density at radius 2 is 2.20 bits per heavy atom. The minimum absolute atomic E-state index is 0.239. The van der Waals surface area contributed by atoms with Crippen LogP contribution in [0.1, 0.15) is 4.88 Å². The fraction of sp³-hybridized carbons (Fsp3) is 0.0909. The number of anilines is 1. The molecule has 2 rings (SSSR count). The van der Waals surface area contributed by atoms with Gasteiger partial charge in [-0.3, -0.25) is 0 Å². The van der Waals surface area contributed by atoms with Crippen molar-refractivity contribution in [3.05, 3.63) is 46.4 Å². The van der Waals surface area contributed by atoms with Gasteiger partial charge in [0.05, 0.1) is 0 Å². The van der Waals surface area contributed by atoms with Gasteiger partial charge in [-0.2, -0.15) is 0 Å². The lowest BCUT2D eigenvalue weighted by Crippen LogP contribution is -1.88. The molecule has 1 aromatic heterocycles. The Morgan fingerprint density at radius 3 is 2.87 bits per heavy atom. The van der Waals surface area contributed by atoms with Crippen molar-refractivity contribution in [1.82, 2.24) is 0 Å². The minimum atomic E-state index is -0.239. The molecule has 2 N–H and O–H groups in total. The summed E-state index contributed by atoms with van der Waals surface area (Å²) in [4.78, 5) is 1.90. The molecule has 0 atom stereocenters. The Balaban J connectivity index is 2.05. The molecule has 0 saturated carbocycles. The highest BCUT2D eigenvalue weighted by Crippen LogP contribution is 2.28. The number of nitrogens with two attached hydrogens (primary N) is 1. The third-order valence-electron chi connectivity index (χ3n) is 1.91. The molecule has 1 nitrogen and oxygen atoms in total. The lowest BCUT2D eigenvalue weighted by Gasteiger charge is -2.02. The van der Waals surface area contributed by atoms with E-state index in [4.69, 9.17) is 5.73 Å². The van der Waals surface area contributed by atoms with Crippen LogP contribution in [-0.2, 0) is 5.75 Å². The molecule has 1 aromatic carbocycles. The molecular formula is C11H10FNS2. The second-order valence-electron chi connectivity index (χ2n) is 3.06. The van der Waals surface area contributed by atoms with E-state index in [0.717, 1.165) is 5.75 Å². The molecule has 0 aliphatic heterocycles. The standard InChI is InChI=1S/C11H10FNS2/c12-10-6-8(13)3-4-11(10)15-7-9-2-1-5-14-9/h1-6H,7,13H2. The molecule has 0 spiro atoms. The summed E-state index contributed by atoms with van der Waals surface area (Å²) in [5.41, 5.74) is 5.94. The van der Waals surface area contributed by atoms with Crippen molar-refractivity contribution in [3.63, 3.8) is 0 Å². The fourth-order valence-corrected chi connectivity index (χ4v) is 2.87. The van der Waals surface area contributed by atoms with E-state index in [1.165, 1.54) is 22.7 Å². The van der Waals surface area contributed by atoms with Crippen molar-refractivity contribution in [2.24, 2.45) is 0 Å². The molecule has 15 heavy (non-hydrogen) atoms. The third kappa shape index (κ3) is 2.73. The van der Waals surface area contributed by atoms with Crippen LogP contribution >= 0.6 is 23.1 Å². The van der Waals surface area contributed by atoms with Crippen molar-refractivity contribution in [2.75, 3.05) is 5.73 Å². The molecule has 0 unspecified atom stereocenters. The van der Waals surface area contributed by atoms with Gasteiger partial charge in [0.25, 0.3) is 0 Å². The average molecular weight is 239 g/mol. The van der Waals surface area contributed by atoms with Crippen molar-refractivity contribution in [2.45, 2.75) is 10.6 Å². The Hall–Kier alpha value is -1.00. The van der Waals surface area contributed by atoms with Gasteiger partial charge in [-0.15, -0.1) is 23.1 Å². The van der Waals surface area contributed by atoms with E-state index in [9.17, 15) is 4.39 Å². The maximum atomic E-state index is 13.4. The van der Waals surface area contributed by atoms with Crippen molar-refractivity contribution in [1.29, 1.82) is 0 Å². The van der Waals surface area contributed by atoms with Crippen LogP contribution in [0.3, 0.4) is 0 Å². The zero-order chi connectivity index (χ0) is 10.7. The number of rotatable bonds is 3. The lowest BCUT2D eigenvalue weighted by molar-refractivity contribution is 0.603. The number of halogens is 1. The lowest BCUT2D eigenvalue weighted by atomic mass is 10.3. The van der Waals surface area contributed by atoms with Crippen LogP contribution in [0.4, 0.5) is 10.1 Å². The zero-order valence-electron chi connectivity index (χ0n) is 7.94. The number of thioether (sulfide) groups is 1. The second-order valence-corrected chi connectivity index (χ2v) is 5.11. The highest BCUT2D eigenvalue weighted by Gasteiger charge is 2.03. The Bertz CT molecular complexity index is 440. The molecule has 1 heterocycles. The van der Waals surface area contributed by atoms with Gasteiger partial charge in [0.1, 0.15) is 5.82 Å². The summed E-state index contributed by atoms with van der Waals surface area (Å²) in [6, 6.07) is 8.85. The monoisotopic (exact) mass is 239 g/mol. The molecule has 0 radical (unpaired) electrons. The SMILES string of the molecule is Nc1ccc(SCc2cccs2)c(F)c1. The van der Waals surface area contributed by atoms with Crippen molar-refractivity contribution < 1.29 is 4.39 Å². The molecule has 0 fully saturated rings. The summed E-state index contributed by atoms with van der Waals surface area (Å²) in [5, 5.41) is 2.02. The van der Waals surface area contributed by atoms with Gasteiger partial charge in [0, 0.05) is 21.2 Å². The first kappa shape index (κ1) is 10.5. The maximum Gasteiger partial charge on any atom is 0.138 e. The zero-order valence-corrected chi connectivity index (χ0v) is 9.58. The topological polar surface area (TPSA) is 26.0 Å². The molecule has 0 aliphatic rings. The van der Waals surface area contributed by atoms with E-state index >= 15 is 0 Å². The Morgan fingerprint density at radius 1 is 1.33 bits per heavy atom. The van der Waals surface area contributed by atoms with Gasteiger partial charge >= 0.3 is 0 Å². The van der Waals surface area contributed by atoms with Gasteiger partial charge in [0.15, 0.2) is 0 Å². The minimum Gasteiger partial charge on any atom is -0.399 e. The molecule has 2 aromatic rings. The van der Waals surface area contributed by atoms with Gasteiger partial charge in [-0.1, -0.05) is 6.07 Å². The molecule has 4 heteroatoms. The van der Waals surface area contributed by atoms with Crippen LogP contribution < -0.4 is 5.73 Å². The first-order chi connectivity index (χ1) is 7.25. The van der Waals surface area contributed by atoms with E-state index in [2.05, 4.69) is 0 Å². The van der Waals surface area contributed by atoms with E-state index < -0.39 is 0 Å². The maximum absolute atomic E-state index is 13.4. The van der Waals surface area contributed by atoms with Crippen LogP contribution in [0.5, 0.6) is 0 Å². The first-order valence-corrected chi connectivity index (χ1v) is 6.32. The summed E-state index contributed by atoms with van der Waals surface area (Å²) in [7, 11) is 0. The van der Waals surface area contributed by atoms with Crippen LogP contribution in [0.15, 0.2) is 40.6 Å². The summed E-state index contributed by atoms with van der Waals surface area (Å²) in [6.07, 6.45) is 0. The molecule has 0 aliphatic carbocycles. The average Bonchev–Trinajstić information content (AvgIpc) is 2.69. The van der Waals surface area contributed by atoms with Crippen molar-refractivity contribution in [3.8, 4) is 0 Å². The molecule has 0 saturated heterocycles. The predicted octanol–water partition coefficient (Wildman–Crippen LogP) is 3.76. The molecule has 78 valence electrons. The van der Waals surface area contributed by atoms with E-state index in [0.29, 0.717) is 10.6 Å². The summed E-state index contributed by atoms with van der Waals surface area (Å²) >= 11 is 3.18. The predicted molar refractivity (Wildman–Crippen MR) is 64.7 cm³/mol. The van der Waals surface area contributed by atoms with Gasteiger partial charge in [-0.25, -0.2) is 4.39 Å². The number of hydrogen-bond acceptors (Lipinski definition) is 3. The number of hydrogen-bond donors (Lipinski definition) is 1. The smallest absolute Gasteiger partial charge is 0.138 e. The number of benzene rings is 1. The second kappa shape index (κ2) is 4.68. The highest BCUT2D eigenvalue weighted by atomic mass is 32.2. The quantitative estimate of drug-likeness (QED) is 0.652. The summed E-state index contributed by atoms with van der Waals surface area (Å²) in [6.45, 7) is 0. The fourth-order valence-electron chi connectivity index (χ4n) is 1.18. The van der Waals surface area contributed by atoms with E-state index in [1.54, 1.807) is 23.5 Å². The van der Waals surface area contributed by atoms with Gasteiger partial charge in [-0.05, 0) is 29.6 Å². The molecule has 0 amide bonds. The number of nitrogen functional groups attached to an aromatic ring is 1. The van der Waals surface area contributed by atoms with Gasteiger partial charge < -0.3 is 5.73 Å². The first-order valence-electron chi connectivity index (χ1n) is 4.46. The van der Waals surface area contributed by atoms with Crippen LogP contribution in [-0.4, -0.2) is 0 Å². The van der Waals surface area contributed by atoms with Gasteiger partial charge in [0.2, 0.25) is 0 Å². The van der Waals surface area contributed by atoms with E-state index in [-0.39, 0.29) is 5.82 Å². The normalized spacial score (nSPS) is 10.5. The summed E-state index contributed by atoms with van der Waals surface area (Å²) < 4.78 is 13.4. The number of thiophene rings is 1. The molecule has 0 bridgehead atoms. The summed E-state index contributed by atoms with van der Waals surface area (Å²) in [5.74, 6) is 0.565. The molecular weight excluding hydrogens is 229 g/mol. The van der Waals surface area contributed by atoms with Crippen LogP contribution in [0.25, 0.3) is 0 Å². The highest BCUT2D eigenvalue weighted by molar-refractivity contribution is 7.98. The Labute approximate surface area is 96.1 Å². The third-order valence-corrected chi connectivity index (χ3v) is 4.06. The van der Waals surface area contributed by atoms with E-state index in [1.807, 2.05) is 17.5 Å². The van der Waals surface area contributed by atoms with Crippen LogP contribution in [0, 0.1) is 5.82 Å². The van der Waals surface area contributed by atoms with Crippen LogP contribution in [0.2, 0.25) is 0 Å². The Kier molecular flexibility index (Phi) is 3.28.